The lowest BCUT2D eigenvalue weighted by molar-refractivity contribution is 0.376. The van der Waals surface area contributed by atoms with Gasteiger partial charge in [0, 0.05) is 22.9 Å². The standard InChI is InChI=1S/C8H14IN/c1-7(2)10(4)6-5-8(3)9/h5-7H,3H2,1-2,4H3/b6-5-. The highest BCUT2D eigenvalue weighted by Crippen LogP contribution is 2.04. The van der Waals surface area contributed by atoms with Crippen LogP contribution in [0.15, 0.2) is 22.4 Å². The Kier molecular flexibility index (Phi) is 4.77. The fourth-order valence-corrected chi connectivity index (χ4v) is 0.531. The van der Waals surface area contributed by atoms with Gasteiger partial charge in [0.25, 0.3) is 0 Å². The van der Waals surface area contributed by atoms with Crippen LogP contribution in [0.4, 0.5) is 0 Å². The molecule has 0 saturated heterocycles. The first-order valence-electron chi connectivity index (χ1n) is 3.28. The Labute approximate surface area is 76.9 Å². The number of allylic oxidation sites excluding steroid dienone is 2. The Morgan fingerprint density at radius 1 is 1.60 bits per heavy atom. The fourth-order valence-electron chi connectivity index (χ4n) is 0.371. The van der Waals surface area contributed by atoms with Gasteiger partial charge in [0.2, 0.25) is 0 Å². The molecule has 0 aliphatic carbocycles. The summed E-state index contributed by atoms with van der Waals surface area (Å²) in [6.45, 7) is 8.07. The van der Waals surface area contributed by atoms with Crippen LogP contribution in [-0.4, -0.2) is 18.0 Å². The van der Waals surface area contributed by atoms with Gasteiger partial charge in [-0.05, 0) is 42.5 Å². The molecular formula is C8H14IN. The van der Waals surface area contributed by atoms with E-state index in [4.69, 9.17) is 0 Å². The van der Waals surface area contributed by atoms with Gasteiger partial charge < -0.3 is 4.90 Å². The number of rotatable bonds is 3. The van der Waals surface area contributed by atoms with Crippen molar-refractivity contribution in [2.75, 3.05) is 7.05 Å². The summed E-state index contributed by atoms with van der Waals surface area (Å²) >= 11 is 2.19. The molecule has 0 atom stereocenters. The normalized spacial score (nSPS) is 10.9. The highest BCUT2D eigenvalue weighted by atomic mass is 127. The van der Waals surface area contributed by atoms with Gasteiger partial charge >= 0.3 is 0 Å². The van der Waals surface area contributed by atoms with Gasteiger partial charge in [-0.25, -0.2) is 0 Å². The fraction of sp³-hybridized carbons (Fsp3) is 0.500. The van der Waals surface area contributed by atoms with E-state index in [0.29, 0.717) is 6.04 Å². The average molecular weight is 251 g/mol. The molecule has 0 radical (unpaired) electrons. The lowest BCUT2D eigenvalue weighted by atomic mass is 10.3. The Bertz CT molecular complexity index is 138. The Morgan fingerprint density at radius 2 is 2.10 bits per heavy atom. The van der Waals surface area contributed by atoms with E-state index in [0.717, 1.165) is 3.58 Å². The Hall–Kier alpha value is 0.01000. The molecule has 0 aromatic carbocycles. The number of hydrogen-bond acceptors (Lipinski definition) is 1. The molecule has 2 heteroatoms. The highest BCUT2D eigenvalue weighted by molar-refractivity contribution is 14.1. The average Bonchev–Trinajstić information content (AvgIpc) is 1.82. The Balaban J connectivity index is 3.77. The van der Waals surface area contributed by atoms with E-state index in [1.165, 1.54) is 0 Å². The molecule has 0 amide bonds. The predicted octanol–water partition coefficient (Wildman–Crippen LogP) is 2.79. The summed E-state index contributed by atoms with van der Waals surface area (Å²) in [6.07, 6.45) is 4.04. The van der Waals surface area contributed by atoms with Crippen molar-refractivity contribution in [1.29, 1.82) is 0 Å². The molecule has 0 saturated carbocycles. The number of halogens is 1. The van der Waals surface area contributed by atoms with Crippen molar-refractivity contribution in [2.45, 2.75) is 19.9 Å². The molecule has 0 rings (SSSR count). The number of nitrogens with zero attached hydrogens (tertiary/aromatic N) is 1. The minimum absolute atomic E-state index is 0.562. The largest absolute Gasteiger partial charge is 0.378 e. The lowest BCUT2D eigenvalue weighted by Gasteiger charge is -2.17. The van der Waals surface area contributed by atoms with Crippen LogP contribution in [0.5, 0.6) is 0 Å². The smallest absolute Gasteiger partial charge is 0.0224 e. The summed E-state index contributed by atoms with van der Waals surface area (Å²) < 4.78 is 1.06. The third kappa shape index (κ3) is 4.85. The second-order valence-corrected chi connectivity index (χ2v) is 3.91. The molecule has 0 heterocycles. The summed E-state index contributed by atoms with van der Waals surface area (Å²) in [7, 11) is 2.06. The summed E-state index contributed by atoms with van der Waals surface area (Å²) in [4.78, 5) is 2.14. The van der Waals surface area contributed by atoms with Gasteiger partial charge in [-0.3, -0.25) is 0 Å². The zero-order valence-electron chi connectivity index (χ0n) is 6.76. The minimum atomic E-state index is 0.562. The molecule has 0 aromatic heterocycles. The molecule has 0 spiro atoms. The highest BCUT2D eigenvalue weighted by Gasteiger charge is 1.94. The molecule has 0 aliphatic heterocycles. The van der Waals surface area contributed by atoms with Gasteiger partial charge in [0.15, 0.2) is 0 Å². The van der Waals surface area contributed by atoms with E-state index in [9.17, 15) is 0 Å². The van der Waals surface area contributed by atoms with Crippen molar-refractivity contribution in [1.82, 2.24) is 4.90 Å². The molecule has 0 fully saturated rings. The molecular weight excluding hydrogens is 237 g/mol. The third-order valence-corrected chi connectivity index (χ3v) is 1.66. The monoisotopic (exact) mass is 251 g/mol. The van der Waals surface area contributed by atoms with E-state index >= 15 is 0 Å². The van der Waals surface area contributed by atoms with E-state index in [2.05, 4.69) is 55.0 Å². The quantitative estimate of drug-likeness (QED) is 0.550. The van der Waals surface area contributed by atoms with Gasteiger partial charge in [-0.2, -0.15) is 0 Å². The topological polar surface area (TPSA) is 3.24 Å². The van der Waals surface area contributed by atoms with Crippen molar-refractivity contribution in [3.05, 3.63) is 22.4 Å². The summed E-state index contributed by atoms with van der Waals surface area (Å²) in [5, 5.41) is 0. The third-order valence-electron chi connectivity index (χ3n) is 1.31. The number of hydrogen-bond donors (Lipinski definition) is 0. The molecule has 0 N–H and O–H groups in total. The van der Waals surface area contributed by atoms with Crippen LogP contribution in [-0.2, 0) is 0 Å². The molecule has 0 unspecified atom stereocenters. The van der Waals surface area contributed by atoms with Crippen molar-refractivity contribution >= 4 is 22.6 Å². The molecule has 58 valence electrons. The zero-order valence-corrected chi connectivity index (χ0v) is 8.92. The van der Waals surface area contributed by atoms with Crippen molar-refractivity contribution < 1.29 is 0 Å². The van der Waals surface area contributed by atoms with Gasteiger partial charge in [-0.1, -0.05) is 6.58 Å². The molecule has 1 nitrogen and oxygen atoms in total. The first-order valence-corrected chi connectivity index (χ1v) is 4.36. The van der Waals surface area contributed by atoms with Crippen molar-refractivity contribution in [3.63, 3.8) is 0 Å². The van der Waals surface area contributed by atoms with E-state index in [1.54, 1.807) is 0 Å². The SMILES string of the molecule is C=C(I)/C=C\N(C)C(C)C. The van der Waals surface area contributed by atoms with Crippen molar-refractivity contribution in [2.24, 2.45) is 0 Å². The van der Waals surface area contributed by atoms with E-state index in [1.807, 2.05) is 12.3 Å². The van der Waals surface area contributed by atoms with Crippen LogP contribution in [0.1, 0.15) is 13.8 Å². The van der Waals surface area contributed by atoms with Crippen LogP contribution in [0.3, 0.4) is 0 Å². The van der Waals surface area contributed by atoms with Gasteiger partial charge in [0.05, 0.1) is 0 Å². The van der Waals surface area contributed by atoms with Crippen LogP contribution in [0.2, 0.25) is 0 Å². The van der Waals surface area contributed by atoms with Crippen LogP contribution in [0, 0.1) is 0 Å². The zero-order chi connectivity index (χ0) is 8.15. The summed E-state index contributed by atoms with van der Waals surface area (Å²) in [5.74, 6) is 0. The molecule has 0 aliphatic rings. The van der Waals surface area contributed by atoms with Gasteiger partial charge in [0.1, 0.15) is 0 Å². The lowest BCUT2D eigenvalue weighted by Crippen LogP contribution is -2.19. The van der Waals surface area contributed by atoms with E-state index in [-0.39, 0.29) is 0 Å². The first-order chi connectivity index (χ1) is 4.54. The maximum atomic E-state index is 3.76. The molecule has 0 bridgehead atoms. The maximum Gasteiger partial charge on any atom is 0.0224 e. The van der Waals surface area contributed by atoms with Crippen molar-refractivity contribution in [3.8, 4) is 0 Å². The minimum Gasteiger partial charge on any atom is -0.378 e. The summed E-state index contributed by atoms with van der Waals surface area (Å²) in [6, 6.07) is 0.562. The first kappa shape index (κ1) is 10.0. The molecule has 10 heavy (non-hydrogen) atoms. The van der Waals surface area contributed by atoms with Gasteiger partial charge in [-0.15, -0.1) is 0 Å². The second-order valence-electron chi connectivity index (χ2n) is 2.52. The maximum absolute atomic E-state index is 3.76. The molecule has 0 aromatic rings. The van der Waals surface area contributed by atoms with Crippen LogP contribution in [0.25, 0.3) is 0 Å². The Morgan fingerprint density at radius 3 is 2.40 bits per heavy atom. The summed E-state index contributed by atoms with van der Waals surface area (Å²) in [5.41, 5.74) is 0. The van der Waals surface area contributed by atoms with Crippen LogP contribution < -0.4 is 0 Å². The second kappa shape index (κ2) is 4.77. The van der Waals surface area contributed by atoms with Crippen LogP contribution >= 0.6 is 22.6 Å². The predicted molar refractivity (Wildman–Crippen MR) is 55.2 cm³/mol. The van der Waals surface area contributed by atoms with E-state index < -0.39 is 0 Å².